The van der Waals surface area contributed by atoms with Gasteiger partial charge in [0.25, 0.3) is 0 Å². The van der Waals surface area contributed by atoms with E-state index in [-0.39, 0.29) is 6.04 Å². The van der Waals surface area contributed by atoms with Crippen LogP contribution in [-0.4, -0.2) is 24.2 Å². The van der Waals surface area contributed by atoms with Crippen molar-refractivity contribution >= 4 is 0 Å². The SMILES string of the molecule is NC1CNCCC1Cc1ccc(O)cc1. The van der Waals surface area contributed by atoms with Crippen molar-refractivity contribution in [1.82, 2.24) is 5.32 Å². The van der Waals surface area contributed by atoms with E-state index < -0.39 is 0 Å². The molecule has 3 heteroatoms. The Bertz CT molecular complexity index is 310. The smallest absolute Gasteiger partial charge is 0.115 e. The molecular weight excluding hydrogens is 188 g/mol. The fourth-order valence-corrected chi connectivity index (χ4v) is 2.13. The van der Waals surface area contributed by atoms with Gasteiger partial charge in [0.05, 0.1) is 0 Å². The minimum atomic E-state index is 0.257. The van der Waals surface area contributed by atoms with Crippen LogP contribution in [0.5, 0.6) is 5.75 Å². The van der Waals surface area contributed by atoms with Gasteiger partial charge in [0.2, 0.25) is 0 Å². The largest absolute Gasteiger partial charge is 0.508 e. The Morgan fingerprint density at radius 3 is 2.73 bits per heavy atom. The topological polar surface area (TPSA) is 58.3 Å². The standard InChI is InChI=1S/C12H18N2O/c13-12-8-14-6-5-10(12)7-9-1-3-11(15)4-2-9/h1-4,10,12,14-15H,5-8,13H2. The number of nitrogens with two attached hydrogens (primary N) is 1. The fourth-order valence-electron chi connectivity index (χ4n) is 2.13. The van der Waals surface area contributed by atoms with Gasteiger partial charge in [-0.3, -0.25) is 0 Å². The van der Waals surface area contributed by atoms with Gasteiger partial charge >= 0.3 is 0 Å². The van der Waals surface area contributed by atoms with Gasteiger partial charge in [-0.2, -0.15) is 0 Å². The lowest BCUT2D eigenvalue weighted by atomic mass is 9.87. The molecule has 15 heavy (non-hydrogen) atoms. The van der Waals surface area contributed by atoms with Crippen LogP contribution in [0.4, 0.5) is 0 Å². The number of aromatic hydroxyl groups is 1. The lowest BCUT2D eigenvalue weighted by molar-refractivity contribution is 0.322. The number of nitrogens with one attached hydrogen (secondary N) is 1. The highest BCUT2D eigenvalue weighted by molar-refractivity contribution is 5.26. The molecule has 0 aliphatic carbocycles. The Morgan fingerprint density at radius 1 is 1.33 bits per heavy atom. The molecule has 0 spiro atoms. The summed E-state index contributed by atoms with van der Waals surface area (Å²) in [5.74, 6) is 0.893. The van der Waals surface area contributed by atoms with Crippen LogP contribution in [0.3, 0.4) is 0 Å². The van der Waals surface area contributed by atoms with Gasteiger partial charge in [-0.25, -0.2) is 0 Å². The van der Waals surface area contributed by atoms with Gasteiger partial charge < -0.3 is 16.2 Å². The van der Waals surface area contributed by atoms with Crippen molar-refractivity contribution < 1.29 is 5.11 Å². The van der Waals surface area contributed by atoms with Gasteiger partial charge in [-0.1, -0.05) is 12.1 Å². The van der Waals surface area contributed by atoms with Crippen molar-refractivity contribution in [2.45, 2.75) is 18.9 Å². The number of benzene rings is 1. The Morgan fingerprint density at radius 2 is 2.07 bits per heavy atom. The number of phenolic OH excluding ortho intramolecular Hbond substituents is 1. The third kappa shape index (κ3) is 2.70. The lowest BCUT2D eigenvalue weighted by Gasteiger charge is -2.29. The lowest BCUT2D eigenvalue weighted by Crippen LogP contribution is -2.46. The maximum Gasteiger partial charge on any atom is 0.115 e. The van der Waals surface area contributed by atoms with Crippen LogP contribution in [0, 0.1) is 5.92 Å². The van der Waals surface area contributed by atoms with Crippen LogP contribution in [0.2, 0.25) is 0 Å². The van der Waals surface area contributed by atoms with Gasteiger partial charge in [-0.05, 0) is 43.0 Å². The zero-order valence-electron chi connectivity index (χ0n) is 8.82. The summed E-state index contributed by atoms with van der Waals surface area (Å²) in [6.07, 6.45) is 2.16. The van der Waals surface area contributed by atoms with E-state index in [9.17, 15) is 5.11 Å². The van der Waals surface area contributed by atoms with E-state index in [0.717, 1.165) is 25.9 Å². The second-order valence-electron chi connectivity index (χ2n) is 4.29. The normalized spacial score (nSPS) is 26.5. The minimum Gasteiger partial charge on any atom is -0.508 e. The van der Waals surface area contributed by atoms with Crippen molar-refractivity contribution in [3.05, 3.63) is 29.8 Å². The molecule has 1 aliphatic rings. The quantitative estimate of drug-likeness (QED) is 0.673. The molecule has 1 heterocycles. The van der Waals surface area contributed by atoms with Crippen molar-refractivity contribution in [2.24, 2.45) is 11.7 Å². The molecule has 1 fully saturated rings. The minimum absolute atomic E-state index is 0.257. The van der Waals surface area contributed by atoms with Crippen LogP contribution >= 0.6 is 0 Å². The Kier molecular flexibility index (Phi) is 3.23. The van der Waals surface area contributed by atoms with Gasteiger partial charge in [0.1, 0.15) is 5.75 Å². The first kappa shape index (κ1) is 10.5. The predicted molar refractivity (Wildman–Crippen MR) is 60.8 cm³/mol. The third-order valence-corrected chi connectivity index (χ3v) is 3.11. The average molecular weight is 206 g/mol. The van der Waals surface area contributed by atoms with Crippen LogP contribution in [0.25, 0.3) is 0 Å². The molecule has 0 saturated carbocycles. The van der Waals surface area contributed by atoms with Gasteiger partial charge in [0.15, 0.2) is 0 Å². The number of piperidine rings is 1. The first-order valence-electron chi connectivity index (χ1n) is 5.50. The molecule has 1 aliphatic heterocycles. The van der Waals surface area contributed by atoms with E-state index in [1.807, 2.05) is 12.1 Å². The average Bonchev–Trinajstić information content (AvgIpc) is 2.25. The molecule has 1 aromatic rings. The molecule has 3 nitrogen and oxygen atoms in total. The highest BCUT2D eigenvalue weighted by Gasteiger charge is 2.21. The summed E-state index contributed by atoms with van der Waals surface area (Å²) < 4.78 is 0. The van der Waals surface area contributed by atoms with Crippen LogP contribution in [0.1, 0.15) is 12.0 Å². The molecule has 1 saturated heterocycles. The zero-order valence-corrected chi connectivity index (χ0v) is 8.82. The monoisotopic (exact) mass is 206 g/mol. The Hall–Kier alpha value is -1.06. The van der Waals surface area contributed by atoms with E-state index in [1.54, 1.807) is 12.1 Å². The molecule has 0 aromatic heterocycles. The molecule has 82 valence electrons. The summed E-state index contributed by atoms with van der Waals surface area (Å²) in [5.41, 5.74) is 7.30. The van der Waals surface area contributed by atoms with Crippen LogP contribution in [0.15, 0.2) is 24.3 Å². The fraction of sp³-hybridized carbons (Fsp3) is 0.500. The van der Waals surface area contributed by atoms with Crippen LogP contribution in [-0.2, 0) is 6.42 Å². The van der Waals surface area contributed by atoms with Crippen LogP contribution < -0.4 is 11.1 Å². The van der Waals surface area contributed by atoms with Crippen molar-refractivity contribution in [1.29, 1.82) is 0 Å². The Labute approximate surface area is 90.3 Å². The first-order chi connectivity index (χ1) is 7.25. The van der Waals surface area contributed by atoms with E-state index in [2.05, 4.69) is 5.32 Å². The maximum absolute atomic E-state index is 9.18. The first-order valence-corrected chi connectivity index (χ1v) is 5.50. The maximum atomic E-state index is 9.18. The predicted octanol–water partition coefficient (Wildman–Crippen LogP) is 0.871. The summed E-state index contributed by atoms with van der Waals surface area (Å²) >= 11 is 0. The van der Waals surface area contributed by atoms with E-state index >= 15 is 0 Å². The van der Waals surface area contributed by atoms with Crippen molar-refractivity contribution in [3.63, 3.8) is 0 Å². The zero-order chi connectivity index (χ0) is 10.7. The molecule has 0 amide bonds. The van der Waals surface area contributed by atoms with E-state index in [1.165, 1.54) is 5.56 Å². The molecule has 0 bridgehead atoms. The summed E-state index contributed by atoms with van der Waals surface area (Å²) in [5, 5.41) is 12.5. The molecule has 4 N–H and O–H groups in total. The molecule has 2 atom stereocenters. The number of hydrogen-bond donors (Lipinski definition) is 3. The summed E-state index contributed by atoms with van der Waals surface area (Å²) in [6.45, 7) is 1.99. The molecule has 0 radical (unpaired) electrons. The number of rotatable bonds is 2. The summed E-state index contributed by atoms with van der Waals surface area (Å²) in [4.78, 5) is 0. The second kappa shape index (κ2) is 4.64. The molecular formula is C12H18N2O. The molecule has 2 unspecified atom stereocenters. The van der Waals surface area contributed by atoms with Gasteiger partial charge in [-0.15, -0.1) is 0 Å². The summed E-state index contributed by atoms with van der Waals surface area (Å²) in [6, 6.07) is 7.69. The summed E-state index contributed by atoms with van der Waals surface area (Å²) in [7, 11) is 0. The highest BCUT2D eigenvalue weighted by atomic mass is 16.3. The molecule has 1 aromatic carbocycles. The number of hydrogen-bond acceptors (Lipinski definition) is 3. The third-order valence-electron chi connectivity index (χ3n) is 3.11. The van der Waals surface area contributed by atoms with Crippen molar-refractivity contribution in [3.8, 4) is 5.75 Å². The highest BCUT2D eigenvalue weighted by Crippen LogP contribution is 2.19. The second-order valence-corrected chi connectivity index (χ2v) is 4.29. The van der Waals surface area contributed by atoms with Crippen molar-refractivity contribution in [2.75, 3.05) is 13.1 Å². The van der Waals surface area contributed by atoms with E-state index in [0.29, 0.717) is 11.7 Å². The van der Waals surface area contributed by atoms with Gasteiger partial charge in [0, 0.05) is 12.6 Å². The molecule has 2 rings (SSSR count). The van der Waals surface area contributed by atoms with E-state index in [4.69, 9.17) is 5.73 Å². The number of phenols is 1. The Balaban J connectivity index is 1.98.